The van der Waals surface area contributed by atoms with Crippen molar-refractivity contribution in [1.82, 2.24) is 0 Å². The predicted octanol–water partition coefficient (Wildman–Crippen LogP) is 5.42. The minimum absolute atomic E-state index is 0.250. The van der Waals surface area contributed by atoms with Crippen molar-refractivity contribution in [1.29, 1.82) is 0 Å². The highest BCUT2D eigenvalue weighted by Crippen LogP contribution is 2.48. The van der Waals surface area contributed by atoms with E-state index in [0.717, 1.165) is 0 Å². The summed E-state index contributed by atoms with van der Waals surface area (Å²) in [6.07, 6.45) is 11.7. The largest absolute Gasteiger partial charge is 0.396 e. The van der Waals surface area contributed by atoms with Gasteiger partial charge in [-0.25, -0.2) is 0 Å². The zero-order valence-corrected chi connectivity index (χ0v) is 16.4. The van der Waals surface area contributed by atoms with Crippen molar-refractivity contribution < 1.29 is 10.2 Å². The maximum absolute atomic E-state index is 9.44. The second-order valence-electron chi connectivity index (χ2n) is 8.93. The van der Waals surface area contributed by atoms with Crippen molar-refractivity contribution in [3.8, 4) is 0 Å². The molecule has 0 spiro atoms. The normalized spacial score (nSPS) is 30.9. The first-order chi connectivity index (χ1) is 10.8. The maximum atomic E-state index is 9.44. The minimum Gasteiger partial charge on any atom is -0.396 e. The van der Waals surface area contributed by atoms with E-state index in [1.807, 2.05) is 0 Å². The summed E-state index contributed by atoms with van der Waals surface area (Å²) in [5, 5.41) is 18.8. The second kappa shape index (κ2) is 9.42. The second-order valence-corrected chi connectivity index (χ2v) is 8.93. The third kappa shape index (κ3) is 4.95. The van der Waals surface area contributed by atoms with Crippen molar-refractivity contribution in [2.45, 2.75) is 92.4 Å². The van der Waals surface area contributed by atoms with Crippen molar-refractivity contribution in [3.63, 3.8) is 0 Å². The molecule has 23 heavy (non-hydrogen) atoms. The Morgan fingerprint density at radius 3 is 1.61 bits per heavy atom. The van der Waals surface area contributed by atoms with Gasteiger partial charge in [0.1, 0.15) is 0 Å². The van der Waals surface area contributed by atoms with E-state index in [9.17, 15) is 10.2 Å². The Morgan fingerprint density at radius 2 is 1.35 bits per heavy atom. The minimum atomic E-state index is 0.250. The van der Waals surface area contributed by atoms with Gasteiger partial charge < -0.3 is 10.2 Å². The summed E-state index contributed by atoms with van der Waals surface area (Å²) in [6, 6.07) is 0. The smallest absolute Gasteiger partial charge is 0.0492 e. The van der Waals surface area contributed by atoms with Crippen LogP contribution in [0.5, 0.6) is 0 Å². The van der Waals surface area contributed by atoms with Gasteiger partial charge in [-0.3, -0.25) is 0 Å². The lowest BCUT2D eigenvalue weighted by atomic mass is 9.71. The molecule has 2 heteroatoms. The molecule has 0 radical (unpaired) electrons. The average Bonchev–Trinajstić information content (AvgIpc) is 2.75. The lowest BCUT2D eigenvalue weighted by molar-refractivity contribution is 0.0445. The molecule has 0 amide bonds. The van der Waals surface area contributed by atoms with E-state index < -0.39 is 0 Å². The summed E-state index contributed by atoms with van der Waals surface area (Å²) in [6.45, 7) is 12.0. The van der Waals surface area contributed by atoms with Crippen molar-refractivity contribution in [3.05, 3.63) is 0 Å². The van der Waals surface area contributed by atoms with Gasteiger partial charge >= 0.3 is 0 Å². The molecule has 2 rings (SSSR count). The Hall–Kier alpha value is -0.0800. The summed E-state index contributed by atoms with van der Waals surface area (Å²) >= 11 is 0. The van der Waals surface area contributed by atoms with Gasteiger partial charge in [-0.05, 0) is 47.8 Å². The first-order valence-corrected chi connectivity index (χ1v) is 10.1. The molecule has 0 aromatic carbocycles. The molecule has 2 atom stereocenters. The van der Waals surface area contributed by atoms with E-state index in [-0.39, 0.29) is 10.8 Å². The van der Waals surface area contributed by atoms with E-state index >= 15 is 0 Å². The van der Waals surface area contributed by atoms with Crippen LogP contribution < -0.4 is 0 Å². The zero-order chi connectivity index (χ0) is 17.5. The monoisotopic (exact) mass is 326 g/mol. The fourth-order valence-electron chi connectivity index (χ4n) is 4.90. The Balaban J connectivity index is 0.000000231. The van der Waals surface area contributed by atoms with Crippen LogP contribution in [0.25, 0.3) is 0 Å². The Kier molecular flexibility index (Phi) is 8.58. The van der Waals surface area contributed by atoms with E-state index in [0.29, 0.717) is 31.0 Å². The highest BCUT2D eigenvalue weighted by Gasteiger charge is 2.41. The molecule has 138 valence electrons. The van der Waals surface area contributed by atoms with Crippen molar-refractivity contribution in [2.75, 3.05) is 13.2 Å². The highest BCUT2D eigenvalue weighted by molar-refractivity contribution is 4.91. The lowest BCUT2D eigenvalue weighted by Crippen LogP contribution is -2.33. The van der Waals surface area contributed by atoms with Crippen LogP contribution in [0.1, 0.15) is 92.4 Å². The molecule has 2 aliphatic rings. The molecule has 2 fully saturated rings. The molecule has 2 aliphatic carbocycles. The molecular weight excluding hydrogens is 284 g/mol. The molecule has 0 saturated heterocycles. The van der Waals surface area contributed by atoms with Crippen LogP contribution >= 0.6 is 0 Å². The van der Waals surface area contributed by atoms with Crippen molar-refractivity contribution >= 4 is 0 Å². The molecule has 0 aromatic heterocycles. The van der Waals surface area contributed by atoms with Crippen LogP contribution in [-0.2, 0) is 0 Å². The topological polar surface area (TPSA) is 40.5 Å². The van der Waals surface area contributed by atoms with E-state index in [2.05, 4.69) is 34.6 Å². The van der Waals surface area contributed by atoms with Crippen LogP contribution in [0.4, 0.5) is 0 Å². The summed E-state index contributed by atoms with van der Waals surface area (Å²) in [7, 11) is 0. The molecule has 0 heterocycles. The first-order valence-electron chi connectivity index (χ1n) is 10.1. The summed E-state index contributed by atoms with van der Waals surface area (Å²) in [5.41, 5.74) is 0.510. The molecule has 0 bridgehead atoms. The molecule has 2 nitrogen and oxygen atoms in total. The Labute approximate surface area is 145 Å². The fourth-order valence-corrected chi connectivity index (χ4v) is 4.90. The molecule has 2 unspecified atom stereocenters. The van der Waals surface area contributed by atoms with Gasteiger partial charge in [0, 0.05) is 13.2 Å². The fraction of sp³-hybridized carbons (Fsp3) is 1.00. The lowest BCUT2D eigenvalue weighted by Gasteiger charge is -2.36. The van der Waals surface area contributed by atoms with Crippen LogP contribution in [0.3, 0.4) is 0 Å². The van der Waals surface area contributed by atoms with E-state index in [1.54, 1.807) is 0 Å². The summed E-state index contributed by atoms with van der Waals surface area (Å²) in [4.78, 5) is 0. The number of aliphatic hydroxyl groups is 2. The Bertz CT molecular complexity index is 316. The van der Waals surface area contributed by atoms with Crippen molar-refractivity contribution in [2.24, 2.45) is 28.6 Å². The van der Waals surface area contributed by atoms with Gasteiger partial charge in [-0.2, -0.15) is 0 Å². The zero-order valence-electron chi connectivity index (χ0n) is 16.4. The maximum Gasteiger partial charge on any atom is 0.0492 e. The Morgan fingerprint density at radius 1 is 0.783 bits per heavy atom. The number of rotatable bonds is 4. The van der Waals surface area contributed by atoms with Crippen LogP contribution in [-0.4, -0.2) is 23.4 Å². The number of aliphatic hydroxyl groups excluding tert-OH is 2. The summed E-state index contributed by atoms with van der Waals surface area (Å²) in [5.74, 6) is 1.98. The van der Waals surface area contributed by atoms with Gasteiger partial charge in [0.15, 0.2) is 0 Å². The van der Waals surface area contributed by atoms with Crippen LogP contribution in [0.15, 0.2) is 0 Å². The van der Waals surface area contributed by atoms with E-state index in [4.69, 9.17) is 0 Å². The quantitative estimate of drug-likeness (QED) is 0.677. The molecule has 0 aromatic rings. The molecule has 0 aliphatic heterocycles. The van der Waals surface area contributed by atoms with Gasteiger partial charge in [0.25, 0.3) is 0 Å². The SMILES string of the molecule is CC(C)C1(CO)CCCC1C.CC(C)C1(CO)CCCCCC1. The van der Waals surface area contributed by atoms with Gasteiger partial charge in [-0.1, -0.05) is 73.1 Å². The average molecular weight is 327 g/mol. The van der Waals surface area contributed by atoms with Gasteiger partial charge in [0.05, 0.1) is 0 Å². The van der Waals surface area contributed by atoms with Gasteiger partial charge in [-0.15, -0.1) is 0 Å². The number of hydrogen-bond acceptors (Lipinski definition) is 2. The third-order valence-electron chi connectivity index (χ3n) is 7.34. The molecule has 2 saturated carbocycles. The van der Waals surface area contributed by atoms with Crippen LogP contribution in [0.2, 0.25) is 0 Å². The predicted molar refractivity (Wildman–Crippen MR) is 99.4 cm³/mol. The van der Waals surface area contributed by atoms with Gasteiger partial charge in [0.2, 0.25) is 0 Å². The standard InChI is InChI=1S/C11H22O.C10H20O/c1-10(2)11(9-12)7-5-3-4-6-8-11;1-8(2)10(7-11)6-4-5-9(10)3/h10,12H,3-9H2,1-2H3;8-9,11H,4-7H2,1-3H3. The summed E-state index contributed by atoms with van der Waals surface area (Å²) < 4.78 is 0. The highest BCUT2D eigenvalue weighted by atomic mass is 16.3. The molecular formula is C21H42O2. The molecule has 2 N–H and O–H groups in total. The first kappa shape index (κ1) is 21.0. The number of hydrogen-bond donors (Lipinski definition) is 2. The third-order valence-corrected chi connectivity index (χ3v) is 7.34. The van der Waals surface area contributed by atoms with E-state index in [1.165, 1.54) is 57.8 Å². The van der Waals surface area contributed by atoms with Crippen LogP contribution in [0, 0.1) is 28.6 Å².